The van der Waals surface area contributed by atoms with Crippen molar-refractivity contribution in [1.82, 2.24) is 14.9 Å². The second-order valence-electron chi connectivity index (χ2n) is 5.56. The van der Waals surface area contributed by atoms with Crippen LogP contribution in [0.5, 0.6) is 0 Å². The van der Waals surface area contributed by atoms with E-state index in [1.165, 1.54) is 45.1 Å². The fourth-order valence-corrected chi connectivity index (χ4v) is 3.65. The molecule has 0 spiro atoms. The monoisotopic (exact) mass is 265 g/mol. The Kier molecular flexibility index (Phi) is 3.80. The number of rotatable bonds is 3. The molecular weight excluding hydrogens is 246 g/mol. The third-order valence-corrected chi connectivity index (χ3v) is 4.59. The van der Waals surface area contributed by atoms with Crippen LogP contribution in [0.1, 0.15) is 44.2 Å². The van der Waals surface area contributed by atoms with Crippen LogP contribution in [0.25, 0.3) is 0 Å². The van der Waals surface area contributed by atoms with Gasteiger partial charge in [-0.2, -0.15) is 0 Å². The fourth-order valence-electron chi connectivity index (χ4n) is 3.55. The molecular formula is C14H20ClN3. The summed E-state index contributed by atoms with van der Waals surface area (Å²) in [5, 5.41) is 0.479. The van der Waals surface area contributed by atoms with E-state index in [0.29, 0.717) is 5.15 Å². The predicted octanol–water partition coefficient (Wildman–Crippen LogP) is 3.28. The van der Waals surface area contributed by atoms with E-state index >= 15 is 0 Å². The summed E-state index contributed by atoms with van der Waals surface area (Å²) in [5.41, 5.74) is 1.05. The van der Waals surface area contributed by atoms with Crippen molar-refractivity contribution in [3.05, 3.63) is 23.2 Å². The van der Waals surface area contributed by atoms with Crippen LogP contribution in [-0.4, -0.2) is 27.5 Å². The van der Waals surface area contributed by atoms with E-state index in [0.717, 1.165) is 24.2 Å². The largest absolute Gasteiger partial charge is 0.294 e. The van der Waals surface area contributed by atoms with Crippen LogP contribution in [0.2, 0.25) is 5.15 Å². The van der Waals surface area contributed by atoms with E-state index in [1.54, 1.807) is 6.20 Å². The van der Waals surface area contributed by atoms with E-state index < -0.39 is 0 Å². The Balaban J connectivity index is 1.65. The zero-order valence-corrected chi connectivity index (χ0v) is 11.4. The maximum atomic E-state index is 5.77. The van der Waals surface area contributed by atoms with Gasteiger partial charge < -0.3 is 0 Å². The van der Waals surface area contributed by atoms with Gasteiger partial charge in [-0.1, -0.05) is 24.4 Å². The van der Waals surface area contributed by atoms with Crippen molar-refractivity contribution < 1.29 is 0 Å². The van der Waals surface area contributed by atoms with Crippen molar-refractivity contribution in [2.24, 2.45) is 5.92 Å². The molecule has 1 saturated carbocycles. The van der Waals surface area contributed by atoms with Gasteiger partial charge in [-0.25, -0.2) is 4.98 Å². The molecule has 0 amide bonds. The predicted molar refractivity (Wildman–Crippen MR) is 72.4 cm³/mol. The highest BCUT2D eigenvalue weighted by Crippen LogP contribution is 2.35. The SMILES string of the molecule is Clc1cnc(CN2CCCC2C2CCCC2)cn1. The third-order valence-electron chi connectivity index (χ3n) is 4.40. The standard InChI is InChI=1S/C14H20ClN3/c15-14-9-16-12(8-17-14)10-18-7-3-6-13(18)11-4-1-2-5-11/h8-9,11,13H,1-7,10H2. The molecule has 1 aliphatic heterocycles. The van der Waals surface area contributed by atoms with Crippen molar-refractivity contribution in [1.29, 1.82) is 0 Å². The highest BCUT2D eigenvalue weighted by atomic mass is 35.5. The first-order valence-electron chi connectivity index (χ1n) is 7.03. The van der Waals surface area contributed by atoms with Crippen LogP contribution in [-0.2, 0) is 6.54 Å². The topological polar surface area (TPSA) is 29.0 Å². The number of nitrogens with zero attached hydrogens (tertiary/aromatic N) is 3. The Morgan fingerprint density at radius 3 is 2.67 bits per heavy atom. The molecule has 2 fully saturated rings. The van der Waals surface area contributed by atoms with E-state index in [9.17, 15) is 0 Å². The average molecular weight is 266 g/mol. The molecule has 3 nitrogen and oxygen atoms in total. The molecule has 0 aromatic carbocycles. The summed E-state index contributed by atoms with van der Waals surface area (Å²) in [6.45, 7) is 2.15. The molecule has 1 unspecified atom stereocenters. The zero-order chi connectivity index (χ0) is 12.4. The molecule has 0 N–H and O–H groups in total. The molecule has 2 heterocycles. The molecule has 2 aliphatic rings. The molecule has 18 heavy (non-hydrogen) atoms. The maximum Gasteiger partial charge on any atom is 0.147 e. The number of hydrogen-bond acceptors (Lipinski definition) is 3. The van der Waals surface area contributed by atoms with Gasteiger partial charge >= 0.3 is 0 Å². The smallest absolute Gasteiger partial charge is 0.147 e. The van der Waals surface area contributed by atoms with Crippen LogP contribution < -0.4 is 0 Å². The Bertz CT molecular complexity index is 387. The molecule has 0 bridgehead atoms. The molecule has 98 valence electrons. The van der Waals surface area contributed by atoms with Crippen LogP contribution in [0.4, 0.5) is 0 Å². The Morgan fingerprint density at radius 1 is 1.11 bits per heavy atom. The van der Waals surface area contributed by atoms with Gasteiger partial charge in [0.25, 0.3) is 0 Å². The molecule has 1 aromatic rings. The van der Waals surface area contributed by atoms with Gasteiger partial charge in [0.05, 0.1) is 18.1 Å². The minimum atomic E-state index is 0.479. The molecule has 4 heteroatoms. The molecule has 1 aromatic heterocycles. The summed E-state index contributed by atoms with van der Waals surface area (Å²) in [4.78, 5) is 11.1. The number of likely N-dealkylation sites (tertiary alicyclic amines) is 1. The van der Waals surface area contributed by atoms with Gasteiger partial charge in [-0.3, -0.25) is 9.88 Å². The first-order chi connectivity index (χ1) is 8.83. The average Bonchev–Trinajstić information content (AvgIpc) is 3.02. The van der Waals surface area contributed by atoms with E-state index in [4.69, 9.17) is 11.6 Å². The van der Waals surface area contributed by atoms with Gasteiger partial charge in [0.15, 0.2) is 0 Å². The summed E-state index contributed by atoms with van der Waals surface area (Å²) in [7, 11) is 0. The van der Waals surface area contributed by atoms with Crippen LogP contribution >= 0.6 is 11.6 Å². The lowest BCUT2D eigenvalue weighted by atomic mass is 9.96. The normalized spacial score (nSPS) is 25.9. The van der Waals surface area contributed by atoms with Gasteiger partial charge in [0.2, 0.25) is 0 Å². The summed E-state index contributed by atoms with van der Waals surface area (Å²) in [6.07, 6.45) is 11.9. The number of aromatic nitrogens is 2. The summed E-state index contributed by atoms with van der Waals surface area (Å²) in [5.74, 6) is 0.924. The third kappa shape index (κ3) is 2.67. The van der Waals surface area contributed by atoms with Gasteiger partial charge in [0.1, 0.15) is 5.15 Å². The number of hydrogen-bond donors (Lipinski definition) is 0. The lowest BCUT2D eigenvalue weighted by molar-refractivity contribution is 0.181. The van der Waals surface area contributed by atoms with Gasteiger partial charge in [-0.05, 0) is 38.1 Å². The minimum absolute atomic E-state index is 0.479. The highest BCUT2D eigenvalue weighted by Gasteiger charge is 2.33. The quantitative estimate of drug-likeness (QED) is 0.840. The molecule has 0 radical (unpaired) electrons. The maximum absolute atomic E-state index is 5.77. The van der Waals surface area contributed by atoms with Crippen molar-refractivity contribution in [3.8, 4) is 0 Å². The first kappa shape index (κ1) is 12.4. The fraction of sp³-hybridized carbons (Fsp3) is 0.714. The molecule has 1 aliphatic carbocycles. The van der Waals surface area contributed by atoms with Crippen molar-refractivity contribution in [2.75, 3.05) is 6.54 Å². The molecule has 1 atom stereocenters. The lowest BCUT2D eigenvalue weighted by Gasteiger charge is -2.28. The van der Waals surface area contributed by atoms with Gasteiger partial charge in [0, 0.05) is 12.6 Å². The number of halogens is 1. The van der Waals surface area contributed by atoms with E-state index in [-0.39, 0.29) is 0 Å². The van der Waals surface area contributed by atoms with Crippen molar-refractivity contribution >= 4 is 11.6 Å². The van der Waals surface area contributed by atoms with E-state index in [1.807, 2.05) is 6.20 Å². The Hall–Kier alpha value is -0.670. The Labute approximate surface area is 114 Å². The summed E-state index contributed by atoms with van der Waals surface area (Å²) in [6, 6.07) is 0.782. The van der Waals surface area contributed by atoms with Gasteiger partial charge in [-0.15, -0.1) is 0 Å². The second kappa shape index (κ2) is 5.54. The highest BCUT2D eigenvalue weighted by molar-refractivity contribution is 6.29. The zero-order valence-electron chi connectivity index (χ0n) is 10.7. The molecule has 1 saturated heterocycles. The van der Waals surface area contributed by atoms with Crippen molar-refractivity contribution in [2.45, 2.75) is 51.1 Å². The second-order valence-corrected chi connectivity index (χ2v) is 5.94. The van der Waals surface area contributed by atoms with Crippen LogP contribution in [0, 0.1) is 5.92 Å². The van der Waals surface area contributed by atoms with E-state index in [2.05, 4.69) is 14.9 Å². The summed E-state index contributed by atoms with van der Waals surface area (Å²) >= 11 is 5.77. The summed E-state index contributed by atoms with van der Waals surface area (Å²) < 4.78 is 0. The lowest BCUT2D eigenvalue weighted by Crippen LogP contribution is -2.34. The Morgan fingerprint density at radius 2 is 1.94 bits per heavy atom. The first-order valence-corrected chi connectivity index (χ1v) is 7.41. The van der Waals surface area contributed by atoms with Crippen LogP contribution in [0.3, 0.4) is 0 Å². The molecule has 3 rings (SSSR count). The van der Waals surface area contributed by atoms with Crippen LogP contribution in [0.15, 0.2) is 12.4 Å². The minimum Gasteiger partial charge on any atom is -0.294 e. The van der Waals surface area contributed by atoms with Crippen molar-refractivity contribution in [3.63, 3.8) is 0 Å².